The number of hydrogen-bond acceptors (Lipinski definition) is 3. The number of pyridine rings is 1. The molecule has 2 aromatic heterocycles. The van der Waals surface area contributed by atoms with Crippen LogP contribution in [0.25, 0.3) is 16.8 Å². The Labute approximate surface area is 136 Å². The standard InChI is InChI=1S/C19H20N4/c1-11-7-16(17-10-20-9-12(2)13(17)3)8-15-5-6-18-22-21-14(4)23(18)19(11)15/h7-10H,5-6H2,1-4H3. The van der Waals surface area contributed by atoms with Crippen LogP contribution in [0.3, 0.4) is 0 Å². The van der Waals surface area contributed by atoms with Crippen molar-refractivity contribution in [2.75, 3.05) is 0 Å². The zero-order valence-electron chi connectivity index (χ0n) is 14.0. The quantitative estimate of drug-likeness (QED) is 0.689. The van der Waals surface area contributed by atoms with E-state index in [-0.39, 0.29) is 0 Å². The fourth-order valence-electron chi connectivity index (χ4n) is 3.54. The van der Waals surface area contributed by atoms with Gasteiger partial charge in [0.25, 0.3) is 0 Å². The minimum atomic E-state index is 0.946. The topological polar surface area (TPSA) is 43.6 Å². The van der Waals surface area contributed by atoms with Gasteiger partial charge in [-0.1, -0.05) is 0 Å². The fraction of sp³-hybridized carbons (Fsp3) is 0.316. The van der Waals surface area contributed by atoms with Crippen LogP contribution in [0.5, 0.6) is 0 Å². The van der Waals surface area contributed by atoms with Crippen molar-refractivity contribution in [3.8, 4) is 16.8 Å². The highest BCUT2D eigenvalue weighted by molar-refractivity contribution is 5.72. The number of aryl methyl sites for hydroxylation is 5. The number of aromatic nitrogens is 4. The SMILES string of the molecule is Cc1cncc(-c2cc(C)c3c(c2)CCc2nnc(C)n2-3)c1C. The Bertz CT molecular complexity index is 921. The maximum Gasteiger partial charge on any atom is 0.137 e. The van der Waals surface area contributed by atoms with Crippen molar-refractivity contribution in [1.29, 1.82) is 0 Å². The molecular weight excluding hydrogens is 284 g/mol. The lowest BCUT2D eigenvalue weighted by atomic mass is 9.92. The minimum absolute atomic E-state index is 0.946. The summed E-state index contributed by atoms with van der Waals surface area (Å²) in [7, 11) is 0. The average molecular weight is 304 g/mol. The summed E-state index contributed by atoms with van der Waals surface area (Å²) in [5, 5.41) is 8.55. The van der Waals surface area contributed by atoms with E-state index in [9.17, 15) is 0 Å². The van der Waals surface area contributed by atoms with Gasteiger partial charge in [0.05, 0.1) is 5.69 Å². The van der Waals surface area contributed by atoms with E-state index in [1.54, 1.807) is 0 Å². The van der Waals surface area contributed by atoms with Gasteiger partial charge in [-0.05, 0) is 74.1 Å². The van der Waals surface area contributed by atoms with E-state index in [1.165, 1.54) is 39.1 Å². The highest BCUT2D eigenvalue weighted by Gasteiger charge is 2.22. The van der Waals surface area contributed by atoms with Crippen molar-refractivity contribution in [3.05, 3.63) is 58.4 Å². The van der Waals surface area contributed by atoms with Crippen molar-refractivity contribution in [2.24, 2.45) is 0 Å². The molecule has 1 aromatic carbocycles. The summed E-state index contributed by atoms with van der Waals surface area (Å²) >= 11 is 0. The molecule has 0 aliphatic carbocycles. The predicted octanol–water partition coefficient (Wildman–Crippen LogP) is 3.66. The number of rotatable bonds is 1. The van der Waals surface area contributed by atoms with Gasteiger partial charge in [-0.15, -0.1) is 10.2 Å². The third-order valence-corrected chi connectivity index (χ3v) is 4.89. The molecule has 0 bridgehead atoms. The van der Waals surface area contributed by atoms with Crippen LogP contribution >= 0.6 is 0 Å². The molecular formula is C19H20N4. The Morgan fingerprint density at radius 3 is 2.57 bits per heavy atom. The van der Waals surface area contributed by atoms with E-state index in [0.717, 1.165) is 24.5 Å². The Hall–Kier alpha value is -2.49. The summed E-state index contributed by atoms with van der Waals surface area (Å²) in [6.07, 6.45) is 5.86. The van der Waals surface area contributed by atoms with Crippen molar-refractivity contribution in [3.63, 3.8) is 0 Å². The number of hydrogen-bond donors (Lipinski definition) is 0. The monoisotopic (exact) mass is 304 g/mol. The van der Waals surface area contributed by atoms with E-state index in [0.29, 0.717) is 0 Å². The summed E-state index contributed by atoms with van der Waals surface area (Å²) < 4.78 is 2.21. The van der Waals surface area contributed by atoms with E-state index < -0.39 is 0 Å². The van der Waals surface area contributed by atoms with Crippen LogP contribution in [0.2, 0.25) is 0 Å². The Kier molecular flexibility index (Phi) is 3.08. The van der Waals surface area contributed by atoms with Crippen molar-refractivity contribution in [1.82, 2.24) is 19.7 Å². The van der Waals surface area contributed by atoms with Crippen LogP contribution < -0.4 is 0 Å². The molecule has 0 fully saturated rings. The predicted molar refractivity (Wildman–Crippen MR) is 90.9 cm³/mol. The van der Waals surface area contributed by atoms with Gasteiger partial charge in [0.15, 0.2) is 0 Å². The van der Waals surface area contributed by atoms with Crippen LogP contribution in [-0.2, 0) is 12.8 Å². The second-order valence-corrected chi connectivity index (χ2v) is 6.43. The van der Waals surface area contributed by atoms with Crippen LogP contribution in [0.4, 0.5) is 0 Å². The Morgan fingerprint density at radius 1 is 0.913 bits per heavy atom. The van der Waals surface area contributed by atoms with Crippen LogP contribution in [0, 0.1) is 27.7 Å². The van der Waals surface area contributed by atoms with E-state index >= 15 is 0 Å². The zero-order valence-corrected chi connectivity index (χ0v) is 14.0. The third kappa shape index (κ3) is 2.09. The molecule has 0 N–H and O–H groups in total. The molecule has 3 heterocycles. The van der Waals surface area contributed by atoms with Gasteiger partial charge in [0.2, 0.25) is 0 Å². The van der Waals surface area contributed by atoms with Crippen LogP contribution in [0.15, 0.2) is 24.5 Å². The van der Waals surface area contributed by atoms with Crippen molar-refractivity contribution < 1.29 is 0 Å². The first-order valence-electron chi connectivity index (χ1n) is 8.02. The van der Waals surface area contributed by atoms with E-state index in [1.807, 2.05) is 19.3 Å². The zero-order chi connectivity index (χ0) is 16.1. The molecule has 0 atom stereocenters. The molecule has 3 aromatic rings. The van der Waals surface area contributed by atoms with Gasteiger partial charge in [0, 0.05) is 24.4 Å². The van der Waals surface area contributed by atoms with Gasteiger partial charge < -0.3 is 0 Å². The lowest BCUT2D eigenvalue weighted by Gasteiger charge is -2.22. The van der Waals surface area contributed by atoms with Crippen LogP contribution in [0.1, 0.15) is 33.9 Å². The molecule has 0 saturated carbocycles. The summed E-state index contributed by atoms with van der Waals surface area (Å²) in [5.74, 6) is 2.03. The van der Waals surface area contributed by atoms with Gasteiger partial charge in [0.1, 0.15) is 11.6 Å². The van der Waals surface area contributed by atoms with Crippen molar-refractivity contribution >= 4 is 0 Å². The lowest BCUT2D eigenvalue weighted by molar-refractivity contribution is 0.762. The van der Waals surface area contributed by atoms with Crippen molar-refractivity contribution in [2.45, 2.75) is 40.5 Å². The van der Waals surface area contributed by atoms with Gasteiger partial charge >= 0.3 is 0 Å². The molecule has 1 aliphatic rings. The Morgan fingerprint density at radius 2 is 1.74 bits per heavy atom. The van der Waals surface area contributed by atoms with E-state index in [2.05, 4.69) is 52.7 Å². The summed E-state index contributed by atoms with van der Waals surface area (Å²) in [6, 6.07) is 4.57. The van der Waals surface area contributed by atoms with Gasteiger partial charge in [-0.25, -0.2) is 0 Å². The second-order valence-electron chi connectivity index (χ2n) is 6.43. The molecule has 23 heavy (non-hydrogen) atoms. The molecule has 0 saturated heterocycles. The van der Waals surface area contributed by atoms with Gasteiger partial charge in [-0.3, -0.25) is 9.55 Å². The molecule has 1 aliphatic heterocycles. The summed E-state index contributed by atoms with van der Waals surface area (Å²) in [4.78, 5) is 4.38. The average Bonchev–Trinajstić information content (AvgIpc) is 2.91. The number of fused-ring (bicyclic) bond motifs is 3. The van der Waals surface area contributed by atoms with Crippen LogP contribution in [-0.4, -0.2) is 19.7 Å². The molecule has 4 rings (SSSR count). The first-order valence-corrected chi connectivity index (χ1v) is 8.02. The van der Waals surface area contributed by atoms with E-state index in [4.69, 9.17) is 0 Å². The Balaban J connectivity index is 1.94. The number of benzene rings is 1. The normalized spacial score (nSPS) is 12.9. The number of nitrogens with zero attached hydrogens (tertiary/aromatic N) is 4. The lowest BCUT2D eigenvalue weighted by Crippen LogP contribution is -2.15. The molecule has 0 amide bonds. The molecule has 0 spiro atoms. The molecule has 4 nitrogen and oxygen atoms in total. The maximum absolute atomic E-state index is 4.38. The smallest absolute Gasteiger partial charge is 0.137 e. The highest BCUT2D eigenvalue weighted by atomic mass is 15.3. The molecule has 4 heteroatoms. The minimum Gasteiger partial charge on any atom is -0.283 e. The molecule has 0 radical (unpaired) electrons. The second kappa shape index (κ2) is 5.01. The summed E-state index contributed by atoms with van der Waals surface area (Å²) in [5.41, 5.74) is 8.91. The maximum atomic E-state index is 4.38. The first-order chi connectivity index (χ1) is 11.1. The highest BCUT2D eigenvalue weighted by Crippen LogP contribution is 2.34. The molecule has 116 valence electrons. The van der Waals surface area contributed by atoms with Gasteiger partial charge in [-0.2, -0.15) is 0 Å². The third-order valence-electron chi connectivity index (χ3n) is 4.89. The first kappa shape index (κ1) is 14.1. The molecule has 0 unspecified atom stereocenters. The summed E-state index contributed by atoms with van der Waals surface area (Å²) in [6.45, 7) is 8.48. The fourth-order valence-corrected chi connectivity index (χ4v) is 3.54. The largest absolute Gasteiger partial charge is 0.283 e.